The van der Waals surface area contributed by atoms with E-state index in [9.17, 15) is 19.2 Å². The normalized spacial score (nSPS) is 15.7. The van der Waals surface area contributed by atoms with E-state index >= 15 is 0 Å². The average molecular weight is 466 g/mol. The van der Waals surface area contributed by atoms with Crippen molar-refractivity contribution in [2.45, 2.75) is 38.6 Å². The lowest BCUT2D eigenvalue weighted by Crippen LogP contribution is -2.43. The van der Waals surface area contributed by atoms with Crippen LogP contribution in [0.3, 0.4) is 0 Å². The first-order valence-corrected chi connectivity index (χ1v) is 11.2. The van der Waals surface area contributed by atoms with E-state index in [1.807, 2.05) is 50.2 Å². The van der Waals surface area contributed by atoms with Gasteiger partial charge >= 0.3 is 12.2 Å². The van der Waals surface area contributed by atoms with Gasteiger partial charge in [-0.15, -0.1) is 0 Å². The molecule has 4 rings (SSSR count). The van der Waals surface area contributed by atoms with Crippen LogP contribution in [0.4, 0.5) is 9.59 Å². The Hall–Kier alpha value is -3.88. The predicted molar refractivity (Wildman–Crippen MR) is 120 cm³/mol. The summed E-state index contributed by atoms with van der Waals surface area (Å²) in [6.45, 7) is 3.64. The van der Waals surface area contributed by atoms with Gasteiger partial charge in [0.2, 0.25) is 0 Å². The molecule has 2 aromatic rings. The molecule has 34 heavy (non-hydrogen) atoms. The number of hydroxylamine groups is 2. The Morgan fingerprint density at radius 1 is 0.941 bits per heavy atom. The molecule has 2 aromatic carbocycles. The van der Waals surface area contributed by atoms with Gasteiger partial charge in [0.1, 0.15) is 13.2 Å². The van der Waals surface area contributed by atoms with Crippen molar-refractivity contribution in [3.63, 3.8) is 0 Å². The van der Waals surface area contributed by atoms with Crippen LogP contribution < -0.4 is 5.32 Å². The summed E-state index contributed by atoms with van der Waals surface area (Å²) in [7, 11) is 0. The minimum absolute atomic E-state index is 0.00985. The molecule has 1 saturated heterocycles. The average Bonchev–Trinajstić information content (AvgIpc) is 3.32. The zero-order valence-corrected chi connectivity index (χ0v) is 19.0. The Morgan fingerprint density at radius 2 is 1.50 bits per heavy atom. The largest absolute Gasteiger partial charge is 0.534 e. The fourth-order valence-corrected chi connectivity index (χ4v) is 4.11. The number of alkyl carbamates (subject to hydrolysis) is 1. The Bertz CT molecular complexity index is 1050. The van der Waals surface area contributed by atoms with E-state index in [1.54, 1.807) is 0 Å². The van der Waals surface area contributed by atoms with Gasteiger partial charge < -0.3 is 14.8 Å². The number of benzene rings is 2. The molecule has 1 heterocycles. The van der Waals surface area contributed by atoms with Crippen molar-refractivity contribution in [1.29, 1.82) is 0 Å². The van der Waals surface area contributed by atoms with Crippen molar-refractivity contribution in [3.05, 3.63) is 59.7 Å². The quantitative estimate of drug-likeness (QED) is 0.488. The molecule has 0 bridgehead atoms. The summed E-state index contributed by atoms with van der Waals surface area (Å²) in [6, 6.07) is 15.5. The summed E-state index contributed by atoms with van der Waals surface area (Å²) < 4.78 is 10.6. The molecule has 1 atom stereocenters. The number of hydrogen-bond donors (Lipinski definition) is 1. The van der Waals surface area contributed by atoms with Crippen LogP contribution in [-0.2, 0) is 23.9 Å². The number of amides is 3. The molecule has 2 aliphatic rings. The molecule has 3 amide bonds. The van der Waals surface area contributed by atoms with Crippen LogP contribution in [0.25, 0.3) is 11.1 Å². The highest BCUT2D eigenvalue weighted by molar-refractivity contribution is 6.01. The molecule has 1 N–H and O–H groups in total. The number of nitrogens with zero attached hydrogens (tertiary/aromatic N) is 1. The molecule has 178 valence electrons. The van der Waals surface area contributed by atoms with Crippen LogP contribution in [0.5, 0.6) is 0 Å². The zero-order valence-electron chi connectivity index (χ0n) is 19.0. The molecule has 0 unspecified atom stereocenters. The lowest BCUT2D eigenvalue weighted by molar-refractivity contribution is -0.177. The van der Waals surface area contributed by atoms with E-state index in [0.717, 1.165) is 22.3 Å². The number of ether oxygens (including phenoxy) is 2. The summed E-state index contributed by atoms with van der Waals surface area (Å²) in [5.41, 5.74) is 4.48. The van der Waals surface area contributed by atoms with E-state index in [-0.39, 0.29) is 37.9 Å². The number of fused-ring (bicyclic) bond motifs is 3. The molecule has 0 spiro atoms. The monoisotopic (exact) mass is 466 g/mol. The van der Waals surface area contributed by atoms with Gasteiger partial charge in [0.15, 0.2) is 0 Å². The summed E-state index contributed by atoms with van der Waals surface area (Å²) in [5, 5.41) is 3.12. The molecule has 9 nitrogen and oxygen atoms in total. The van der Waals surface area contributed by atoms with Crippen molar-refractivity contribution < 1.29 is 33.5 Å². The highest BCUT2D eigenvalue weighted by Gasteiger charge is 2.34. The number of imide groups is 1. The summed E-state index contributed by atoms with van der Waals surface area (Å²) in [6.07, 6.45) is -1.85. The van der Waals surface area contributed by atoms with Crippen molar-refractivity contribution >= 4 is 24.1 Å². The van der Waals surface area contributed by atoms with Crippen LogP contribution in [-0.4, -0.2) is 48.4 Å². The smallest absolute Gasteiger partial charge is 0.449 e. The highest BCUT2D eigenvalue weighted by Crippen LogP contribution is 2.44. The molecule has 9 heteroatoms. The Morgan fingerprint density at radius 3 is 2.06 bits per heavy atom. The lowest BCUT2D eigenvalue weighted by atomic mass is 9.98. The molecule has 1 aliphatic carbocycles. The third-order valence-corrected chi connectivity index (χ3v) is 6.00. The summed E-state index contributed by atoms with van der Waals surface area (Å²) >= 11 is 0. The third kappa shape index (κ3) is 4.88. The minimum atomic E-state index is -1.19. The molecule has 0 aromatic heterocycles. The third-order valence-electron chi connectivity index (χ3n) is 6.00. The zero-order chi connectivity index (χ0) is 24.2. The molecule has 0 radical (unpaired) electrons. The van der Waals surface area contributed by atoms with Gasteiger partial charge in [-0.05, 0) is 28.2 Å². The summed E-state index contributed by atoms with van der Waals surface area (Å²) in [4.78, 5) is 52.2. The standard InChI is InChI=1S/C25H26N2O7/c1-15(2)21(14-33-25(31)34-27-22(28)11-12-23(27)29)26-24(30)32-13-20-18-9-5-3-7-16(18)17-8-4-6-10-19(17)20/h3-10,15,20-21H,11-14H2,1-2H3,(H,26,30)/t21-/m1/s1. The topological polar surface area (TPSA) is 111 Å². The predicted octanol–water partition coefficient (Wildman–Crippen LogP) is 3.77. The maximum absolute atomic E-state index is 12.5. The van der Waals surface area contributed by atoms with Gasteiger partial charge in [-0.2, -0.15) is 0 Å². The number of nitrogens with one attached hydrogen (secondary N) is 1. The van der Waals surface area contributed by atoms with Crippen LogP contribution in [0, 0.1) is 5.92 Å². The van der Waals surface area contributed by atoms with E-state index in [0.29, 0.717) is 5.06 Å². The van der Waals surface area contributed by atoms with Gasteiger partial charge in [-0.3, -0.25) is 14.4 Å². The maximum atomic E-state index is 12.5. The number of rotatable bonds is 7. The number of carbonyl (C=O) groups is 4. The Balaban J connectivity index is 1.31. The van der Waals surface area contributed by atoms with E-state index in [1.165, 1.54) is 0 Å². The first kappa shape index (κ1) is 23.3. The minimum Gasteiger partial charge on any atom is -0.449 e. The second-order valence-corrected chi connectivity index (χ2v) is 8.55. The van der Waals surface area contributed by atoms with Crippen molar-refractivity contribution in [2.75, 3.05) is 13.2 Å². The van der Waals surface area contributed by atoms with Gasteiger partial charge in [0, 0.05) is 18.8 Å². The SMILES string of the molecule is CC(C)[C@@H](COC(=O)ON1C(=O)CCC1=O)NC(=O)OCC1c2ccccc2-c2ccccc21. The van der Waals surface area contributed by atoms with Crippen LogP contribution in [0.2, 0.25) is 0 Å². The Labute approximate surface area is 196 Å². The fraction of sp³-hybridized carbons (Fsp3) is 0.360. The van der Waals surface area contributed by atoms with Gasteiger partial charge in [0.05, 0.1) is 6.04 Å². The molecular formula is C25H26N2O7. The van der Waals surface area contributed by atoms with Crippen molar-refractivity contribution in [1.82, 2.24) is 10.4 Å². The van der Waals surface area contributed by atoms with E-state index in [2.05, 4.69) is 22.3 Å². The molecule has 1 aliphatic heterocycles. The van der Waals surface area contributed by atoms with E-state index < -0.39 is 30.1 Å². The lowest BCUT2D eigenvalue weighted by Gasteiger charge is -2.23. The maximum Gasteiger partial charge on any atom is 0.534 e. The van der Waals surface area contributed by atoms with Crippen LogP contribution in [0.1, 0.15) is 43.7 Å². The highest BCUT2D eigenvalue weighted by atomic mass is 16.8. The van der Waals surface area contributed by atoms with Gasteiger partial charge in [-0.25, -0.2) is 9.59 Å². The molecule has 1 fully saturated rings. The second-order valence-electron chi connectivity index (χ2n) is 8.55. The van der Waals surface area contributed by atoms with Crippen LogP contribution in [0.15, 0.2) is 48.5 Å². The first-order chi connectivity index (χ1) is 16.3. The molecule has 0 saturated carbocycles. The van der Waals surface area contributed by atoms with E-state index in [4.69, 9.17) is 9.47 Å². The van der Waals surface area contributed by atoms with Gasteiger partial charge in [0.25, 0.3) is 11.8 Å². The van der Waals surface area contributed by atoms with Gasteiger partial charge in [-0.1, -0.05) is 67.4 Å². The fourth-order valence-electron chi connectivity index (χ4n) is 4.11. The van der Waals surface area contributed by atoms with Crippen molar-refractivity contribution in [2.24, 2.45) is 5.92 Å². The Kier molecular flexibility index (Phi) is 6.81. The number of carbonyl (C=O) groups excluding carboxylic acids is 4. The number of hydrogen-bond acceptors (Lipinski definition) is 7. The van der Waals surface area contributed by atoms with Crippen molar-refractivity contribution in [3.8, 4) is 11.1 Å². The first-order valence-electron chi connectivity index (χ1n) is 11.2. The summed E-state index contributed by atoms with van der Waals surface area (Å²) in [5.74, 6) is -1.36. The van der Waals surface area contributed by atoms with Crippen LogP contribution >= 0.6 is 0 Å². The molecular weight excluding hydrogens is 440 g/mol. The second kappa shape index (κ2) is 9.94.